The molecule has 0 aliphatic carbocycles. The summed E-state index contributed by atoms with van der Waals surface area (Å²) >= 11 is 3.38. The predicted octanol–water partition coefficient (Wildman–Crippen LogP) is 4.52. The molecule has 0 radical (unpaired) electrons. The third-order valence-corrected chi connectivity index (χ3v) is 4.14. The van der Waals surface area contributed by atoms with Gasteiger partial charge >= 0.3 is 0 Å². The second-order valence-electron chi connectivity index (χ2n) is 5.93. The molecule has 0 aliphatic heterocycles. The second-order valence-corrected chi connectivity index (χ2v) is 6.84. The van der Waals surface area contributed by atoms with Crippen LogP contribution in [-0.4, -0.2) is 18.2 Å². The van der Waals surface area contributed by atoms with Crippen molar-refractivity contribution >= 4 is 33.7 Å². The number of rotatable bonds is 6. The highest BCUT2D eigenvalue weighted by atomic mass is 79.9. The number of carbonyl (C=O) groups is 1. The molecule has 0 aromatic heterocycles. The van der Waals surface area contributed by atoms with Gasteiger partial charge in [-0.3, -0.25) is 4.79 Å². The van der Waals surface area contributed by atoms with Crippen LogP contribution in [0.5, 0.6) is 0 Å². The lowest BCUT2D eigenvalue weighted by atomic mass is 10.0. The number of carbonyl (C=O) groups excluding carboxylic acids is 1. The Labute approximate surface area is 151 Å². The van der Waals surface area contributed by atoms with E-state index >= 15 is 0 Å². The third kappa shape index (κ3) is 5.49. The number of hydrogen-bond donors (Lipinski definition) is 2. The molecule has 2 rings (SSSR count). The van der Waals surface area contributed by atoms with E-state index in [-0.39, 0.29) is 11.9 Å². The summed E-state index contributed by atoms with van der Waals surface area (Å²) in [6.07, 6.45) is 1.65. The summed E-state index contributed by atoms with van der Waals surface area (Å²) in [4.78, 5) is 12.1. The van der Waals surface area contributed by atoms with Crippen LogP contribution < -0.4 is 10.7 Å². The summed E-state index contributed by atoms with van der Waals surface area (Å²) in [5.74, 6) is 0.314. The van der Waals surface area contributed by atoms with Crippen molar-refractivity contribution < 1.29 is 4.79 Å². The third-order valence-electron chi connectivity index (χ3n) is 3.61. The van der Waals surface area contributed by atoms with Crippen molar-refractivity contribution in [1.29, 1.82) is 0 Å². The van der Waals surface area contributed by atoms with Gasteiger partial charge in [0.15, 0.2) is 0 Å². The largest absolute Gasteiger partial charge is 0.374 e. The number of halogens is 1. The maximum Gasteiger partial charge on any atom is 0.262 e. The zero-order chi connectivity index (χ0) is 17.5. The summed E-state index contributed by atoms with van der Waals surface area (Å²) in [5.41, 5.74) is 5.68. The molecule has 5 heteroatoms. The Morgan fingerprint density at radius 3 is 2.25 bits per heavy atom. The molecule has 2 aromatic carbocycles. The molecule has 2 aromatic rings. The fourth-order valence-electron chi connectivity index (χ4n) is 2.10. The van der Waals surface area contributed by atoms with Crippen molar-refractivity contribution in [1.82, 2.24) is 5.43 Å². The van der Waals surface area contributed by atoms with E-state index in [1.54, 1.807) is 13.1 Å². The first kappa shape index (κ1) is 18.2. The van der Waals surface area contributed by atoms with Crippen LogP contribution in [0.4, 0.5) is 5.69 Å². The molecule has 0 saturated carbocycles. The first-order chi connectivity index (χ1) is 11.5. The van der Waals surface area contributed by atoms with Crippen molar-refractivity contribution in [2.45, 2.75) is 32.7 Å². The Bertz CT molecular complexity index is 694. The number of hydrazone groups is 1. The van der Waals surface area contributed by atoms with Gasteiger partial charge in [0, 0.05) is 10.2 Å². The van der Waals surface area contributed by atoms with Gasteiger partial charge in [0.05, 0.1) is 6.21 Å². The zero-order valence-electron chi connectivity index (χ0n) is 14.1. The van der Waals surface area contributed by atoms with Crippen molar-refractivity contribution in [2.75, 3.05) is 5.32 Å². The average molecular weight is 388 g/mol. The fraction of sp³-hybridized carbons (Fsp3) is 0.263. The summed E-state index contributed by atoms with van der Waals surface area (Å²) < 4.78 is 0.998. The van der Waals surface area contributed by atoms with Gasteiger partial charge in [-0.1, -0.05) is 54.0 Å². The topological polar surface area (TPSA) is 53.5 Å². The minimum absolute atomic E-state index is 0.187. The second kappa shape index (κ2) is 8.64. The Kier molecular flexibility index (Phi) is 6.55. The maximum absolute atomic E-state index is 12.1. The zero-order valence-corrected chi connectivity index (χ0v) is 15.7. The Hall–Kier alpha value is -2.14. The lowest BCUT2D eigenvalue weighted by molar-refractivity contribution is -0.121. The van der Waals surface area contributed by atoms with E-state index in [9.17, 15) is 4.79 Å². The molecule has 0 fully saturated rings. The first-order valence-electron chi connectivity index (χ1n) is 7.90. The number of anilines is 1. The molecule has 0 bridgehead atoms. The fourth-order valence-corrected chi connectivity index (χ4v) is 2.36. The van der Waals surface area contributed by atoms with E-state index < -0.39 is 0 Å². The molecule has 0 heterocycles. The van der Waals surface area contributed by atoms with E-state index in [4.69, 9.17) is 0 Å². The van der Waals surface area contributed by atoms with Gasteiger partial charge in [-0.2, -0.15) is 5.10 Å². The number of nitrogens with zero attached hydrogens (tertiary/aromatic N) is 1. The van der Waals surface area contributed by atoms with E-state index in [2.05, 4.69) is 57.8 Å². The monoisotopic (exact) mass is 387 g/mol. The molecule has 126 valence electrons. The molecule has 0 aliphatic rings. The molecule has 2 N–H and O–H groups in total. The maximum atomic E-state index is 12.1. The van der Waals surface area contributed by atoms with Crippen LogP contribution in [0.25, 0.3) is 0 Å². The molecule has 0 saturated heterocycles. The van der Waals surface area contributed by atoms with Gasteiger partial charge in [-0.25, -0.2) is 5.43 Å². The van der Waals surface area contributed by atoms with Crippen molar-refractivity contribution in [3.8, 4) is 0 Å². The van der Waals surface area contributed by atoms with Gasteiger partial charge in [0.1, 0.15) is 6.04 Å². The van der Waals surface area contributed by atoms with E-state index in [0.717, 1.165) is 15.7 Å². The number of benzene rings is 2. The molecule has 1 atom stereocenters. The summed E-state index contributed by atoms with van der Waals surface area (Å²) in [5, 5.41) is 7.15. The highest BCUT2D eigenvalue weighted by Crippen LogP contribution is 2.15. The molecule has 0 spiro atoms. The van der Waals surface area contributed by atoms with Gasteiger partial charge in [-0.05, 0) is 48.2 Å². The Morgan fingerprint density at radius 2 is 1.67 bits per heavy atom. The van der Waals surface area contributed by atoms with E-state index in [1.807, 2.05) is 36.4 Å². The molecule has 4 nitrogen and oxygen atoms in total. The Balaban J connectivity index is 1.86. The number of nitrogens with one attached hydrogen (secondary N) is 2. The SMILES string of the molecule is CC(C)c1ccc(/C=N\NC(=O)[C@H](C)Nc2ccc(Br)cc2)cc1. The quantitative estimate of drug-likeness (QED) is 0.565. The lowest BCUT2D eigenvalue weighted by Crippen LogP contribution is -2.34. The summed E-state index contributed by atoms with van der Waals surface area (Å²) in [6, 6.07) is 15.4. The minimum atomic E-state index is -0.383. The standard InChI is InChI=1S/C19H22BrN3O/c1-13(2)16-6-4-15(5-7-16)12-21-23-19(24)14(3)22-18-10-8-17(20)9-11-18/h4-14,22H,1-3H3,(H,23,24)/b21-12-/t14-/m0/s1. The van der Waals surface area contributed by atoms with Crippen LogP contribution in [0.3, 0.4) is 0 Å². The normalized spacial score (nSPS) is 12.4. The molecule has 24 heavy (non-hydrogen) atoms. The first-order valence-corrected chi connectivity index (χ1v) is 8.70. The van der Waals surface area contributed by atoms with Gasteiger partial charge in [-0.15, -0.1) is 0 Å². The lowest BCUT2D eigenvalue weighted by Gasteiger charge is -2.13. The predicted molar refractivity (Wildman–Crippen MR) is 103 cm³/mol. The summed E-state index contributed by atoms with van der Waals surface area (Å²) in [6.45, 7) is 6.11. The van der Waals surface area contributed by atoms with Crippen molar-refractivity contribution in [3.05, 3.63) is 64.1 Å². The van der Waals surface area contributed by atoms with Crippen LogP contribution in [-0.2, 0) is 4.79 Å². The summed E-state index contributed by atoms with van der Waals surface area (Å²) in [7, 11) is 0. The van der Waals surface area contributed by atoms with Crippen LogP contribution >= 0.6 is 15.9 Å². The van der Waals surface area contributed by atoms with E-state index in [1.165, 1.54) is 5.56 Å². The molecule has 1 amide bonds. The highest BCUT2D eigenvalue weighted by molar-refractivity contribution is 9.10. The highest BCUT2D eigenvalue weighted by Gasteiger charge is 2.11. The van der Waals surface area contributed by atoms with Crippen LogP contribution in [0, 0.1) is 0 Å². The molecular weight excluding hydrogens is 366 g/mol. The minimum Gasteiger partial charge on any atom is -0.374 e. The molecule has 0 unspecified atom stereocenters. The number of hydrogen-bond acceptors (Lipinski definition) is 3. The Morgan fingerprint density at radius 1 is 1.04 bits per heavy atom. The average Bonchev–Trinajstić information content (AvgIpc) is 2.57. The van der Waals surface area contributed by atoms with E-state index in [0.29, 0.717) is 5.92 Å². The van der Waals surface area contributed by atoms with Crippen LogP contribution in [0.2, 0.25) is 0 Å². The van der Waals surface area contributed by atoms with Gasteiger partial charge < -0.3 is 5.32 Å². The van der Waals surface area contributed by atoms with Crippen LogP contribution in [0.15, 0.2) is 58.1 Å². The van der Waals surface area contributed by atoms with Crippen molar-refractivity contribution in [2.24, 2.45) is 5.10 Å². The van der Waals surface area contributed by atoms with Crippen LogP contribution in [0.1, 0.15) is 37.8 Å². The molecular formula is C19H22BrN3O. The smallest absolute Gasteiger partial charge is 0.262 e. The number of amides is 1. The van der Waals surface area contributed by atoms with Gasteiger partial charge in [0.25, 0.3) is 5.91 Å². The van der Waals surface area contributed by atoms with Crippen molar-refractivity contribution in [3.63, 3.8) is 0 Å². The van der Waals surface area contributed by atoms with Gasteiger partial charge in [0.2, 0.25) is 0 Å².